The number of hydrogen-bond donors (Lipinski definition) is 0. The molecule has 2 rings (SSSR count). The van der Waals surface area contributed by atoms with Gasteiger partial charge in [-0.15, -0.1) is 0 Å². The van der Waals surface area contributed by atoms with E-state index in [2.05, 4.69) is 5.16 Å². The van der Waals surface area contributed by atoms with Gasteiger partial charge in [0.15, 0.2) is 5.76 Å². The number of aromatic nitrogens is 1. The molecule has 0 bridgehead atoms. The van der Waals surface area contributed by atoms with Gasteiger partial charge < -0.3 is 14.2 Å². The molecule has 1 amide bonds. The number of amides is 1. The lowest BCUT2D eigenvalue weighted by atomic mass is 10.0. The second kappa shape index (κ2) is 5.69. The summed E-state index contributed by atoms with van der Waals surface area (Å²) in [6, 6.07) is 1.91. The smallest absolute Gasteiger partial charge is 0.410 e. The second-order valence-electron chi connectivity index (χ2n) is 6.14. The molecule has 1 fully saturated rings. The quantitative estimate of drug-likeness (QED) is 0.790. The lowest BCUT2D eigenvalue weighted by Gasteiger charge is -2.30. The standard InChI is InChI=1S/C15H22N2O3/c1-11-9-13(20-16-11)10-12-5-7-17(8-6-12)14(18)19-15(2,3)4/h9-10H,5-8H2,1-4H3. The summed E-state index contributed by atoms with van der Waals surface area (Å²) in [6.45, 7) is 8.92. The third kappa shape index (κ3) is 4.11. The number of carbonyl (C=O) groups is 1. The maximum atomic E-state index is 11.9. The molecule has 5 nitrogen and oxygen atoms in total. The zero-order valence-corrected chi connectivity index (χ0v) is 12.6. The molecule has 0 radical (unpaired) electrons. The number of carbonyl (C=O) groups excluding carboxylic acids is 1. The maximum Gasteiger partial charge on any atom is 0.410 e. The Morgan fingerprint density at radius 3 is 2.55 bits per heavy atom. The molecule has 0 aliphatic carbocycles. The number of nitrogens with zero attached hydrogens (tertiary/aromatic N) is 2. The van der Waals surface area contributed by atoms with E-state index in [9.17, 15) is 4.79 Å². The van der Waals surface area contributed by atoms with Crippen molar-refractivity contribution in [3.63, 3.8) is 0 Å². The summed E-state index contributed by atoms with van der Waals surface area (Å²) in [5.41, 5.74) is 1.72. The van der Waals surface area contributed by atoms with Crippen LogP contribution in [0, 0.1) is 6.92 Å². The van der Waals surface area contributed by atoms with Gasteiger partial charge in [-0.1, -0.05) is 10.7 Å². The van der Waals surface area contributed by atoms with Crippen LogP contribution in [0.15, 0.2) is 16.2 Å². The molecule has 20 heavy (non-hydrogen) atoms. The molecule has 5 heteroatoms. The molecule has 1 aromatic heterocycles. The molecular formula is C15H22N2O3. The molecule has 1 aliphatic rings. The first kappa shape index (κ1) is 14.6. The second-order valence-corrected chi connectivity index (χ2v) is 6.14. The molecule has 1 aromatic rings. The Morgan fingerprint density at radius 1 is 1.40 bits per heavy atom. The number of piperidine rings is 1. The maximum absolute atomic E-state index is 11.9. The average molecular weight is 278 g/mol. The highest BCUT2D eigenvalue weighted by molar-refractivity contribution is 5.68. The summed E-state index contributed by atoms with van der Waals surface area (Å²) < 4.78 is 10.5. The highest BCUT2D eigenvalue weighted by Gasteiger charge is 2.24. The van der Waals surface area contributed by atoms with E-state index in [0.717, 1.165) is 24.3 Å². The van der Waals surface area contributed by atoms with Crippen LogP contribution in [-0.4, -0.2) is 34.8 Å². The van der Waals surface area contributed by atoms with E-state index in [4.69, 9.17) is 9.26 Å². The summed E-state index contributed by atoms with van der Waals surface area (Å²) >= 11 is 0. The van der Waals surface area contributed by atoms with E-state index in [1.165, 1.54) is 5.57 Å². The minimum Gasteiger partial charge on any atom is -0.444 e. The fraction of sp³-hybridized carbons (Fsp3) is 0.600. The highest BCUT2D eigenvalue weighted by atomic mass is 16.6. The number of ether oxygens (including phenoxy) is 1. The van der Waals surface area contributed by atoms with E-state index in [1.54, 1.807) is 4.90 Å². The molecule has 0 unspecified atom stereocenters. The number of rotatable bonds is 1. The average Bonchev–Trinajstić information content (AvgIpc) is 2.73. The van der Waals surface area contributed by atoms with E-state index in [0.29, 0.717) is 13.1 Å². The molecular weight excluding hydrogens is 256 g/mol. The zero-order chi connectivity index (χ0) is 14.8. The lowest BCUT2D eigenvalue weighted by molar-refractivity contribution is 0.0237. The summed E-state index contributed by atoms with van der Waals surface area (Å²) in [4.78, 5) is 13.7. The van der Waals surface area contributed by atoms with Crippen molar-refractivity contribution in [1.82, 2.24) is 10.1 Å². The van der Waals surface area contributed by atoms with E-state index in [-0.39, 0.29) is 6.09 Å². The van der Waals surface area contributed by atoms with Crippen LogP contribution in [-0.2, 0) is 4.74 Å². The lowest BCUT2D eigenvalue weighted by Crippen LogP contribution is -2.40. The van der Waals surface area contributed by atoms with Crippen molar-refractivity contribution in [2.45, 2.75) is 46.1 Å². The number of likely N-dealkylation sites (tertiary alicyclic amines) is 1. The Kier molecular flexibility index (Phi) is 4.16. The fourth-order valence-electron chi connectivity index (χ4n) is 2.10. The van der Waals surface area contributed by atoms with Crippen LogP contribution in [0.5, 0.6) is 0 Å². The third-order valence-electron chi connectivity index (χ3n) is 3.05. The van der Waals surface area contributed by atoms with Crippen molar-refractivity contribution in [2.24, 2.45) is 0 Å². The van der Waals surface area contributed by atoms with Crippen molar-refractivity contribution < 1.29 is 14.1 Å². The highest BCUT2D eigenvalue weighted by Crippen LogP contribution is 2.21. The summed E-state index contributed by atoms with van der Waals surface area (Å²) in [5, 5.41) is 3.86. The molecule has 1 saturated heterocycles. The molecule has 2 heterocycles. The summed E-state index contributed by atoms with van der Waals surface area (Å²) in [7, 11) is 0. The molecule has 0 atom stereocenters. The topological polar surface area (TPSA) is 55.6 Å². The van der Waals surface area contributed by atoms with Crippen LogP contribution in [0.25, 0.3) is 6.08 Å². The SMILES string of the molecule is Cc1cc(C=C2CCN(C(=O)OC(C)(C)C)CC2)on1. The van der Waals surface area contributed by atoms with Gasteiger partial charge in [0.05, 0.1) is 5.69 Å². The van der Waals surface area contributed by atoms with Gasteiger partial charge in [-0.05, 0) is 46.6 Å². The summed E-state index contributed by atoms with van der Waals surface area (Å²) in [5.74, 6) is 0.781. The van der Waals surface area contributed by atoms with Crippen molar-refractivity contribution >= 4 is 12.2 Å². The van der Waals surface area contributed by atoms with Crippen molar-refractivity contribution in [2.75, 3.05) is 13.1 Å². The van der Waals surface area contributed by atoms with E-state index < -0.39 is 5.60 Å². The van der Waals surface area contributed by atoms with Crippen LogP contribution in [0.3, 0.4) is 0 Å². The van der Waals surface area contributed by atoms with Gasteiger partial charge in [0.25, 0.3) is 0 Å². The first-order chi connectivity index (χ1) is 9.33. The van der Waals surface area contributed by atoms with Crippen molar-refractivity contribution in [3.8, 4) is 0 Å². The van der Waals surface area contributed by atoms with Gasteiger partial charge in [-0.2, -0.15) is 0 Å². The largest absolute Gasteiger partial charge is 0.444 e. The van der Waals surface area contributed by atoms with Crippen molar-refractivity contribution in [3.05, 3.63) is 23.1 Å². The normalized spacial score (nSPS) is 16.2. The molecule has 110 valence electrons. The minimum absolute atomic E-state index is 0.230. The zero-order valence-electron chi connectivity index (χ0n) is 12.6. The Morgan fingerprint density at radius 2 is 2.05 bits per heavy atom. The first-order valence-corrected chi connectivity index (χ1v) is 6.94. The van der Waals surface area contributed by atoms with Crippen LogP contribution in [0.2, 0.25) is 0 Å². The van der Waals surface area contributed by atoms with Gasteiger partial charge in [-0.25, -0.2) is 4.79 Å². The molecule has 0 saturated carbocycles. The van der Waals surface area contributed by atoms with E-state index >= 15 is 0 Å². The first-order valence-electron chi connectivity index (χ1n) is 6.94. The Bertz CT molecular complexity index is 501. The molecule has 0 spiro atoms. The fourth-order valence-corrected chi connectivity index (χ4v) is 2.10. The van der Waals surface area contributed by atoms with E-state index in [1.807, 2.05) is 39.8 Å². The monoisotopic (exact) mass is 278 g/mol. The van der Waals surface area contributed by atoms with Gasteiger partial charge in [-0.3, -0.25) is 0 Å². The van der Waals surface area contributed by atoms with Gasteiger partial charge >= 0.3 is 6.09 Å². The van der Waals surface area contributed by atoms with Gasteiger partial charge in [0, 0.05) is 19.2 Å². The molecule has 1 aliphatic heterocycles. The van der Waals surface area contributed by atoms with Gasteiger partial charge in [0.2, 0.25) is 0 Å². The van der Waals surface area contributed by atoms with Crippen LogP contribution in [0.4, 0.5) is 4.79 Å². The third-order valence-corrected chi connectivity index (χ3v) is 3.05. The predicted molar refractivity (Wildman–Crippen MR) is 76.3 cm³/mol. The predicted octanol–water partition coefficient (Wildman–Crippen LogP) is 3.40. The molecule has 0 aromatic carbocycles. The Labute approximate surface area is 119 Å². The van der Waals surface area contributed by atoms with Gasteiger partial charge in [0.1, 0.15) is 5.60 Å². The Hall–Kier alpha value is -1.78. The minimum atomic E-state index is -0.440. The van der Waals surface area contributed by atoms with Crippen LogP contribution >= 0.6 is 0 Å². The van der Waals surface area contributed by atoms with Crippen LogP contribution < -0.4 is 0 Å². The Balaban J connectivity index is 1.89. The number of aryl methyl sites for hydroxylation is 1. The summed E-state index contributed by atoms with van der Waals surface area (Å²) in [6.07, 6.45) is 3.48. The van der Waals surface area contributed by atoms with Crippen molar-refractivity contribution in [1.29, 1.82) is 0 Å². The number of hydrogen-bond acceptors (Lipinski definition) is 4. The molecule has 0 N–H and O–H groups in total. The van der Waals surface area contributed by atoms with Crippen LogP contribution in [0.1, 0.15) is 45.1 Å².